The third-order valence-electron chi connectivity index (χ3n) is 3.01. The summed E-state index contributed by atoms with van der Waals surface area (Å²) in [5.41, 5.74) is 2.18. The van der Waals surface area contributed by atoms with Gasteiger partial charge in [0, 0.05) is 5.82 Å². The van der Waals surface area contributed by atoms with Crippen LogP contribution in [-0.4, -0.2) is 13.8 Å². The van der Waals surface area contributed by atoms with E-state index in [4.69, 9.17) is 4.74 Å². The van der Waals surface area contributed by atoms with Gasteiger partial charge in [-0.1, -0.05) is 60.7 Å². The molecule has 1 unspecified atom stereocenters. The van der Waals surface area contributed by atoms with E-state index >= 15 is 0 Å². The number of hydrogen-bond acceptors (Lipinski definition) is 2. The van der Waals surface area contributed by atoms with Crippen LogP contribution < -0.4 is 0 Å². The molecule has 0 aliphatic heterocycles. The third-order valence-corrected chi connectivity index (χ3v) is 3.01. The van der Waals surface area contributed by atoms with Gasteiger partial charge in [0.05, 0.1) is 0 Å². The lowest BCUT2D eigenvalue weighted by Gasteiger charge is -2.11. The van der Waals surface area contributed by atoms with E-state index in [1.165, 1.54) is 0 Å². The molecule has 2 nitrogen and oxygen atoms in total. The second-order valence-corrected chi connectivity index (χ2v) is 4.68. The maximum absolute atomic E-state index is 11.9. The van der Waals surface area contributed by atoms with E-state index in [9.17, 15) is 4.79 Å². The number of esters is 1. The molecule has 0 fully saturated rings. The Balaban J connectivity index is 1.83. The van der Waals surface area contributed by atoms with E-state index in [2.05, 4.69) is 0 Å². The van der Waals surface area contributed by atoms with Gasteiger partial charge in [-0.05, 0) is 17.5 Å². The summed E-state index contributed by atoms with van der Waals surface area (Å²) in [5, 5.41) is 0. The minimum atomic E-state index is -0.146. The summed E-state index contributed by atoms with van der Waals surface area (Å²) < 4.78 is 5.32. The van der Waals surface area contributed by atoms with Crippen LogP contribution in [0.15, 0.2) is 60.7 Å². The average Bonchev–Trinajstić information content (AvgIpc) is 2.47. The zero-order chi connectivity index (χ0) is 13.5. The number of hydrogen-bond donors (Lipinski definition) is 0. The van der Waals surface area contributed by atoms with Crippen LogP contribution in [0.4, 0.5) is 0 Å². The molecule has 0 aliphatic rings. The molecule has 1 atom stereocenters. The van der Waals surface area contributed by atoms with E-state index in [1.54, 1.807) is 0 Å². The summed E-state index contributed by atoms with van der Waals surface area (Å²) in [6.45, 7) is 0.346. The number of carbonyl (C=O) groups excluding carboxylic acids is 1. The van der Waals surface area contributed by atoms with E-state index < -0.39 is 0 Å². The molecule has 0 saturated heterocycles. The molecular formula is C16H17BO2. The Labute approximate surface area is 114 Å². The fourth-order valence-corrected chi connectivity index (χ4v) is 1.92. The molecule has 0 N–H and O–H groups in total. The summed E-state index contributed by atoms with van der Waals surface area (Å²) in [4.78, 5) is 11.9. The molecule has 0 heterocycles. The molecule has 96 valence electrons. The SMILES string of the molecule is BC(Cc1ccccc1)C(=O)OCc1ccccc1. The normalized spacial score (nSPS) is 11.8. The van der Waals surface area contributed by atoms with Crippen LogP contribution in [0.3, 0.4) is 0 Å². The van der Waals surface area contributed by atoms with Crippen molar-refractivity contribution in [1.29, 1.82) is 0 Å². The molecule has 0 radical (unpaired) electrons. The van der Waals surface area contributed by atoms with Crippen LogP contribution in [0.1, 0.15) is 11.1 Å². The number of rotatable bonds is 5. The fourth-order valence-electron chi connectivity index (χ4n) is 1.92. The lowest BCUT2D eigenvalue weighted by molar-refractivity contribution is -0.144. The fraction of sp³-hybridized carbons (Fsp3) is 0.188. The smallest absolute Gasteiger partial charge is 0.301 e. The van der Waals surface area contributed by atoms with Crippen LogP contribution in [0.2, 0.25) is 5.82 Å². The van der Waals surface area contributed by atoms with E-state index in [-0.39, 0.29) is 11.8 Å². The highest BCUT2D eigenvalue weighted by Crippen LogP contribution is 2.13. The first-order valence-electron chi connectivity index (χ1n) is 6.50. The predicted molar refractivity (Wildman–Crippen MR) is 78.7 cm³/mol. The van der Waals surface area contributed by atoms with Crippen molar-refractivity contribution in [2.75, 3.05) is 0 Å². The quantitative estimate of drug-likeness (QED) is 0.603. The van der Waals surface area contributed by atoms with Gasteiger partial charge >= 0.3 is 5.97 Å². The van der Waals surface area contributed by atoms with Gasteiger partial charge < -0.3 is 4.74 Å². The summed E-state index contributed by atoms with van der Waals surface area (Å²) in [7, 11) is 1.90. The van der Waals surface area contributed by atoms with Gasteiger partial charge in [-0.3, -0.25) is 4.79 Å². The van der Waals surface area contributed by atoms with Crippen molar-refractivity contribution in [3.05, 3.63) is 71.8 Å². The van der Waals surface area contributed by atoms with Crippen molar-refractivity contribution in [3.63, 3.8) is 0 Å². The van der Waals surface area contributed by atoms with Gasteiger partial charge in [0.2, 0.25) is 0 Å². The van der Waals surface area contributed by atoms with Gasteiger partial charge in [0.15, 0.2) is 0 Å². The van der Waals surface area contributed by atoms with Gasteiger partial charge in [-0.25, -0.2) is 0 Å². The standard InChI is InChI=1S/C16H17BO2/c17-15(11-13-7-3-1-4-8-13)16(18)19-12-14-9-5-2-6-10-14/h1-10,15H,11-12,17H2. The summed E-state index contributed by atoms with van der Waals surface area (Å²) in [6.07, 6.45) is 0.717. The highest BCUT2D eigenvalue weighted by molar-refractivity contribution is 6.22. The van der Waals surface area contributed by atoms with Crippen molar-refractivity contribution >= 4 is 13.8 Å². The van der Waals surface area contributed by atoms with Crippen LogP contribution in [0.25, 0.3) is 0 Å². The van der Waals surface area contributed by atoms with Gasteiger partial charge in [0.1, 0.15) is 14.5 Å². The Morgan fingerprint density at radius 3 is 2.05 bits per heavy atom. The maximum atomic E-state index is 11.9. The molecule has 19 heavy (non-hydrogen) atoms. The molecule has 0 aromatic heterocycles. The first kappa shape index (κ1) is 13.4. The lowest BCUT2D eigenvalue weighted by Crippen LogP contribution is -2.14. The van der Waals surface area contributed by atoms with Gasteiger partial charge in [-0.15, -0.1) is 0 Å². The highest BCUT2D eigenvalue weighted by Gasteiger charge is 2.14. The molecule has 2 aromatic carbocycles. The van der Waals surface area contributed by atoms with Crippen molar-refractivity contribution in [3.8, 4) is 0 Å². The zero-order valence-electron chi connectivity index (χ0n) is 11.1. The van der Waals surface area contributed by atoms with E-state index in [0.717, 1.165) is 11.1 Å². The molecule has 0 bridgehead atoms. The topological polar surface area (TPSA) is 26.3 Å². The molecule has 2 aromatic rings. The number of carbonyl (C=O) groups is 1. The molecule has 0 spiro atoms. The summed E-state index contributed by atoms with van der Waals surface area (Å²) in [5.74, 6) is -0.265. The summed E-state index contributed by atoms with van der Waals surface area (Å²) in [6, 6.07) is 19.7. The van der Waals surface area contributed by atoms with Gasteiger partial charge in [0.25, 0.3) is 0 Å². The Morgan fingerprint density at radius 1 is 0.947 bits per heavy atom. The molecule has 0 amide bonds. The van der Waals surface area contributed by atoms with Crippen molar-refractivity contribution in [2.24, 2.45) is 0 Å². The van der Waals surface area contributed by atoms with E-state index in [0.29, 0.717) is 13.0 Å². The minimum absolute atomic E-state index is 0.119. The lowest BCUT2D eigenvalue weighted by atomic mass is 9.82. The highest BCUT2D eigenvalue weighted by atomic mass is 16.5. The number of benzene rings is 2. The Bertz CT molecular complexity index is 511. The van der Waals surface area contributed by atoms with Crippen molar-refractivity contribution < 1.29 is 9.53 Å². The largest absolute Gasteiger partial charge is 0.461 e. The van der Waals surface area contributed by atoms with Crippen LogP contribution in [0.5, 0.6) is 0 Å². The minimum Gasteiger partial charge on any atom is -0.461 e. The monoisotopic (exact) mass is 252 g/mol. The second kappa shape index (κ2) is 6.79. The molecule has 2 rings (SSSR count). The maximum Gasteiger partial charge on any atom is 0.301 e. The average molecular weight is 252 g/mol. The van der Waals surface area contributed by atoms with Crippen molar-refractivity contribution in [1.82, 2.24) is 0 Å². The molecular weight excluding hydrogens is 235 g/mol. The van der Waals surface area contributed by atoms with Crippen LogP contribution in [-0.2, 0) is 22.6 Å². The van der Waals surface area contributed by atoms with Crippen molar-refractivity contribution in [2.45, 2.75) is 18.8 Å². The first-order chi connectivity index (χ1) is 9.25. The third kappa shape index (κ3) is 4.29. The Kier molecular flexibility index (Phi) is 4.79. The second-order valence-electron chi connectivity index (χ2n) is 4.68. The zero-order valence-corrected chi connectivity index (χ0v) is 11.1. The predicted octanol–water partition coefficient (Wildman–Crippen LogP) is 2.39. The Morgan fingerprint density at radius 2 is 1.47 bits per heavy atom. The molecule has 0 aliphatic carbocycles. The first-order valence-corrected chi connectivity index (χ1v) is 6.50. The summed E-state index contributed by atoms with van der Waals surface area (Å²) >= 11 is 0. The Hall–Kier alpha value is -2.03. The van der Waals surface area contributed by atoms with Crippen LogP contribution >= 0.6 is 0 Å². The van der Waals surface area contributed by atoms with Crippen LogP contribution in [0, 0.1) is 0 Å². The number of ether oxygens (including phenoxy) is 1. The van der Waals surface area contributed by atoms with E-state index in [1.807, 2.05) is 68.5 Å². The van der Waals surface area contributed by atoms with Gasteiger partial charge in [-0.2, -0.15) is 0 Å². The molecule has 3 heteroatoms. The molecule has 0 saturated carbocycles.